The van der Waals surface area contributed by atoms with Crippen LogP contribution in [-0.2, 0) is 11.3 Å². The van der Waals surface area contributed by atoms with Crippen LogP contribution in [0, 0.1) is 5.92 Å². The second-order valence-electron chi connectivity index (χ2n) is 8.57. The lowest BCUT2D eigenvalue weighted by molar-refractivity contribution is -0.759. The lowest BCUT2D eigenvalue weighted by Gasteiger charge is -2.30. The molecule has 4 rings (SSSR count). The number of ether oxygens (including phenoxy) is 3. The molecule has 1 N–H and O–H groups in total. The van der Waals surface area contributed by atoms with Gasteiger partial charge in [-0.15, -0.1) is 0 Å². The summed E-state index contributed by atoms with van der Waals surface area (Å²) in [5, 5.41) is 9.09. The van der Waals surface area contributed by atoms with E-state index >= 15 is 0 Å². The number of methoxy groups -OCH3 is 3. The van der Waals surface area contributed by atoms with Crippen LogP contribution < -0.4 is 29.3 Å². The van der Waals surface area contributed by atoms with Crippen LogP contribution in [-0.4, -0.2) is 63.6 Å². The SMILES string of the molecule is COc1cc(CN2CCN([n+]3cc(NC(=O)C4CCCCC4)on3)CC2)cc(OC)c1OC. The highest BCUT2D eigenvalue weighted by atomic mass is 16.5. The number of benzene rings is 1. The Hall–Kier alpha value is -3.01. The number of nitrogens with one attached hydrogen (secondary N) is 1. The van der Waals surface area contributed by atoms with Gasteiger partial charge in [0.15, 0.2) is 11.5 Å². The van der Waals surface area contributed by atoms with E-state index in [1.807, 2.05) is 12.1 Å². The fourth-order valence-electron chi connectivity index (χ4n) is 4.60. The lowest BCUT2D eigenvalue weighted by Crippen LogP contribution is -2.65. The molecule has 2 fully saturated rings. The first-order valence-electron chi connectivity index (χ1n) is 11.6. The van der Waals surface area contributed by atoms with Crippen molar-refractivity contribution in [1.82, 2.24) is 10.2 Å². The standard InChI is InChI=1S/C23H33N5O5/c1-30-19-13-17(14-20(31-2)22(19)32-3)15-26-9-11-27(12-10-26)28-16-21(33-25-28)24-23(29)18-7-5-4-6-8-18/h13-14,16,18H,4-12,15H2,1-3H3/p+1. The Morgan fingerprint density at radius 3 is 2.33 bits per heavy atom. The first kappa shape index (κ1) is 23.2. The fourth-order valence-corrected chi connectivity index (χ4v) is 4.60. The van der Waals surface area contributed by atoms with E-state index in [0.29, 0.717) is 23.1 Å². The fraction of sp³-hybridized carbons (Fsp3) is 0.609. The highest BCUT2D eigenvalue weighted by Crippen LogP contribution is 2.38. The molecule has 1 aromatic heterocycles. The molecule has 180 valence electrons. The maximum absolute atomic E-state index is 12.4. The van der Waals surface area contributed by atoms with Crippen molar-refractivity contribution >= 4 is 11.8 Å². The maximum atomic E-state index is 12.4. The number of piperazine rings is 1. The molecule has 1 amide bonds. The Bertz CT molecular complexity index is 910. The van der Waals surface area contributed by atoms with E-state index in [0.717, 1.165) is 64.0 Å². The van der Waals surface area contributed by atoms with Gasteiger partial charge in [0.2, 0.25) is 16.9 Å². The number of rotatable bonds is 8. The summed E-state index contributed by atoms with van der Waals surface area (Å²) in [6, 6.07) is 3.97. The van der Waals surface area contributed by atoms with Gasteiger partial charge in [0.1, 0.15) is 0 Å². The van der Waals surface area contributed by atoms with E-state index in [1.165, 1.54) is 6.42 Å². The van der Waals surface area contributed by atoms with Crippen molar-refractivity contribution in [3.05, 3.63) is 23.9 Å². The number of hydrogen-bond acceptors (Lipinski definition) is 8. The molecular weight excluding hydrogens is 426 g/mol. The minimum atomic E-state index is 0.0353. The van der Waals surface area contributed by atoms with Gasteiger partial charge < -0.3 is 14.2 Å². The second kappa shape index (κ2) is 10.7. The van der Waals surface area contributed by atoms with Crippen molar-refractivity contribution in [1.29, 1.82) is 0 Å². The summed E-state index contributed by atoms with van der Waals surface area (Å²) >= 11 is 0. The normalized spacial score (nSPS) is 17.6. The van der Waals surface area contributed by atoms with E-state index < -0.39 is 0 Å². The van der Waals surface area contributed by atoms with Gasteiger partial charge in [-0.05, 0) is 30.5 Å². The van der Waals surface area contributed by atoms with E-state index in [1.54, 1.807) is 32.3 Å². The van der Waals surface area contributed by atoms with Crippen LogP contribution in [0.2, 0.25) is 0 Å². The van der Waals surface area contributed by atoms with Gasteiger partial charge in [-0.25, -0.2) is 0 Å². The summed E-state index contributed by atoms with van der Waals surface area (Å²) in [6.45, 7) is 4.08. The smallest absolute Gasteiger partial charge is 0.305 e. The highest BCUT2D eigenvalue weighted by Gasteiger charge is 2.28. The summed E-state index contributed by atoms with van der Waals surface area (Å²) < 4.78 is 21.7. The van der Waals surface area contributed by atoms with Gasteiger partial charge in [0.25, 0.3) is 6.20 Å². The van der Waals surface area contributed by atoms with Crippen LogP contribution in [0.5, 0.6) is 17.2 Å². The second-order valence-corrected chi connectivity index (χ2v) is 8.57. The van der Waals surface area contributed by atoms with Gasteiger partial charge in [0, 0.05) is 25.6 Å². The van der Waals surface area contributed by atoms with Crippen molar-refractivity contribution in [2.45, 2.75) is 38.6 Å². The quantitative estimate of drug-likeness (QED) is 0.598. The first-order chi connectivity index (χ1) is 16.1. The molecule has 1 aliphatic heterocycles. The molecule has 10 nitrogen and oxygen atoms in total. The molecule has 2 aliphatic rings. The molecule has 2 heterocycles. The molecule has 0 spiro atoms. The van der Waals surface area contributed by atoms with Crippen molar-refractivity contribution < 1.29 is 28.3 Å². The minimum absolute atomic E-state index is 0.0353. The Morgan fingerprint density at radius 2 is 1.73 bits per heavy atom. The zero-order valence-electron chi connectivity index (χ0n) is 19.7. The highest BCUT2D eigenvalue weighted by molar-refractivity contribution is 5.91. The topological polar surface area (TPSA) is 93.2 Å². The average molecular weight is 461 g/mol. The van der Waals surface area contributed by atoms with E-state index in [-0.39, 0.29) is 11.8 Å². The third kappa shape index (κ3) is 5.50. The van der Waals surface area contributed by atoms with Crippen molar-refractivity contribution in [2.24, 2.45) is 5.92 Å². The number of nitrogens with zero attached hydrogens (tertiary/aromatic N) is 4. The first-order valence-corrected chi connectivity index (χ1v) is 11.6. The van der Waals surface area contributed by atoms with Crippen molar-refractivity contribution in [3.8, 4) is 17.2 Å². The van der Waals surface area contributed by atoms with Crippen molar-refractivity contribution in [2.75, 3.05) is 57.8 Å². The Balaban J connectivity index is 1.31. The largest absolute Gasteiger partial charge is 0.493 e. The van der Waals surface area contributed by atoms with Crippen LogP contribution in [0.25, 0.3) is 0 Å². The summed E-state index contributed by atoms with van der Waals surface area (Å²) in [6.07, 6.45) is 7.11. The molecule has 2 aromatic rings. The molecule has 1 saturated heterocycles. The molecule has 0 bridgehead atoms. The number of carbonyl (C=O) groups excluding carboxylic acids is 1. The van der Waals surface area contributed by atoms with Crippen LogP contribution in [0.1, 0.15) is 37.7 Å². The molecule has 0 unspecified atom stereocenters. The van der Waals surface area contributed by atoms with Gasteiger partial charge in [-0.2, -0.15) is 5.01 Å². The Labute approximate surface area is 194 Å². The summed E-state index contributed by atoms with van der Waals surface area (Å²) in [7, 11) is 4.86. The third-order valence-corrected chi connectivity index (χ3v) is 6.45. The van der Waals surface area contributed by atoms with E-state index in [4.69, 9.17) is 18.7 Å². The molecule has 0 atom stereocenters. The van der Waals surface area contributed by atoms with E-state index in [2.05, 4.69) is 20.5 Å². The lowest BCUT2D eigenvalue weighted by atomic mass is 9.89. The predicted molar refractivity (Wildman–Crippen MR) is 121 cm³/mol. The molecule has 1 aromatic carbocycles. The molecule has 0 radical (unpaired) electrons. The Kier molecular flexibility index (Phi) is 7.54. The Morgan fingerprint density at radius 1 is 1.06 bits per heavy atom. The van der Waals surface area contributed by atoms with Crippen molar-refractivity contribution in [3.63, 3.8) is 0 Å². The number of aromatic nitrogens is 2. The van der Waals surface area contributed by atoms with Gasteiger partial charge in [0.05, 0.1) is 39.2 Å². The number of amides is 1. The van der Waals surface area contributed by atoms with Crippen LogP contribution >= 0.6 is 0 Å². The number of anilines is 1. The van der Waals surface area contributed by atoms with Gasteiger partial charge >= 0.3 is 5.88 Å². The zero-order valence-corrected chi connectivity index (χ0v) is 19.7. The molecule has 1 saturated carbocycles. The number of carbonyl (C=O) groups is 1. The van der Waals surface area contributed by atoms with Crippen LogP contribution in [0.4, 0.5) is 5.88 Å². The number of hydrogen-bond donors (Lipinski definition) is 1. The monoisotopic (exact) mass is 460 g/mol. The maximum Gasteiger partial charge on any atom is 0.305 e. The molecule has 1 aliphatic carbocycles. The van der Waals surface area contributed by atoms with Crippen LogP contribution in [0.3, 0.4) is 0 Å². The predicted octanol–water partition coefficient (Wildman–Crippen LogP) is 1.96. The summed E-state index contributed by atoms with van der Waals surface area (Å²) in [5.74, 6) is 2.43. The van der Waals surface area contributed by atoms with Crippen LogP contribution in [0.15, 0.2) is 22.9 Å². The third-order valence-electron chi connectivity index (χ3n) is 6.45. The molecular formula is C23H34N5O5+. The average Bonchev–Trinajstić information content (AvgIpc) is 3.32. The summed E-state index contributed by atoms with van der Waals surface area (Å²) in [5.41, 5.74) is 1.10. The van der Waals surface area contributed by atoms with Gasteiger partial charge in [-0.1, -0.05) is 19.3 Å². The zero-order chi connectivity index (χ0) is 23.2. The minimum Gasteiger partial charge on any atom is -0.493 e. The summed E-state index contributed by atoms with van der Waals surface area (Å²) in [4.78, 5) is 16.5. The van der Waals surface area contributed by atoms with E-state index in [9.17, 15) is 4.79 Å². The molecule has 33 heavy (non-hydrogen) atoms. The molecule has 10 heteroatoms. The van der Waals surface area contributed by atoms with Gasteiger partial charge in [-0.3, -0.25) is 19.5 Å².